The summed E-state index contributed by atoms with van der Waals surface area (Å²) >= 11 is 4.81. The third-order valence-corrected chi connectivity index (χ3v) is 2.12. The van der Waals surface area contributed by atoms with Crippen molar-refractivity contribution in [1.82, 2.24) is 0 Å². The first-order chi connectivity index (χ1) is 3.48. The maximum atomic E-state index is 11.3. The second-order valence-corrected chi connectivity index (χ2v) is 2.27. The molecule has 0 aliphatic heterocycles. The van der Waals surface area contributed by atoms with Crippen LogP contribution in [0.3, 0.4) is 0 Å². The zero-order chi connectivity index (χ0) is 6.78. The molecule has 5 heteroatoms. The van der Waals surface area contributed by atoms with E-state index in [0.717, 1.165) is 4.99 Å². The molecule has 0 radical (unpaired) electrons. The molecule has 48 valence electrons. The van der Waals surface area contributed by atoms with Crippen LogP contribution in [0.25, 0.3) is 0 Å². The lowest BCUT2D eigenvalue weighted by atomic mass is 10.6. The van der Waals surface area contributed by atoms with Crippen molar-refractivity contribution in [2.45, 2.75) is 6.18 Å². The van der Waals surface area contributed by atoms with E-state index in [2.05, 4.69) is 31.9 Å². The molecule has 0 aromatic carbocycles. The maximum absolute atomic E-state index is 11.3. The highest BCUT2D eigenvalue weighted by molar-refractivity contribution is 9.14. The van der Waals surface area contributed by atoms with Gasteiger partial charge < -0.3 is 0 Å². The van der Waals surface area contributed by atoms with E-state index in [1.165, 1.54) is 0 Å². The maximum Gasteiger partial charge on any atom is 0.423 e. The van der Waals surface area contributed by atoms with Crippen molar-refractivity contribution in [3.8, 4) is 0 Å². The van der Waals surface area contributed by atoms with Crippen molar-refractivity contribution >= 4 is 31.9 Å². The number of halogens is 5. The predicted molar refractivity (Wildman–Crippen MR) is 32.0 cm³/mol. The molecule has 0 nitrogen and oxygen atoms in total. The molecule has 0 aromatic rings. The Bertz CT molecular complexity index is 104. The van der Waals surface area contributed by atoms with Crippen LogP contribution in [-0.4, -0.2) is 6.18 Å². The second kappa shape index (κ2) is 2.87. The molecule has 0 heterocycles. The number of alkyl halides is 3. The molecule has 0 unspecified atom stereocenters. The first kappa shape index (κ1) is 8.49. The molecule has 0 rings (SSSR count). The monoisotopic (exact) mass is 252 g/mol. The normalized spacial score (nSPS) is 14.4. The summed E-state index contributed by atoms with van der Waals surface area (Å²) in [6.07, 6.45) is -4.26. The molecule has 0 N–H and O–H groups in total. The van der Waals surface area contributed by atoms with Gasteiger partial charge in [-0.15, -0.1) is 0 Å². The van der Waals surface area contributed by atoms with Crippen LogP contribution in [0.1, 0.15) is 0 Å². The lowest BCUT2D eigenvalue weighted by molar-refractivity contribution is -0.0826. The Balaban J connectivity index is 4.03. The van der Waals surface area contributed by atoms with Crippen LogP contribution < -0.4 is 0 Å². The van der Waals surface area contributed by atoms with Gasteiger partial charge in [0.25, 0.3) is 0 Å². The quantitative estimate of drug-likeness (QED) is 0.622. The molecular weight excluding hydrogens is 253 g/mol. The highest BCUT2D eigenvalue weighted by atomic mass is 79.9. The highest BCUT2D eigenvalue weighted by Gasteiger charge is 2.31. The van der Waals surface area contributed by atoms with Crippen molar-refractivity contribution in [3.05, 3.63) is 9.47 Å². The average molecular weight is 254 g/mol. The second-order valence-electron chi connectivity index (χ2n) is 0.955. The molecule has 0 amide bonds. The van der Waals surface area contributed by atoms with Crippen LogP contribution in [0.2, 0.25) is 0 Å². The average Bonchev–Trinajstić information content (AvgIpc) is 1.62. The van der Waals surface area contributed by atoms with Crippen LogP contribution in [0.15, 0.2) is 9.47 Å². The van der Waals surface area contributed by atoms with Crippen LogP contribution in [0, 0.1) is 0 Å². The van der Waals surface area contributed by atoms with Crippen molar-refractivity contribution < 1.29 is 13.2 Å². The summed E-state index contributed by atoms with van der Waals surface area (Å²) in [6.45, 7) is 0. The van der Waals surface area contributed by atoms with E-state index in [9.17, 15) is 13.2 Å². The highest BCUT2D eigenvalue weighted by Crippen LogP contribution is 2.30. The summed E-state index contributed by atoms with van der Waals surface area (Å²) in [5, 5.41) is 0. The molecular formula is C3HBr2F3. The van der Waals surface area contributed by atoms with E-state index in [1.807, 2.05) is 0 Å². The van der Waals surface area contributed by atoms with Crippen molar-refractivity contribution in [2.75, 3.05) is 0 Å². The molecule has 0 saturated carbocycles. The van der Waals surface area contributed by atoms with Gasteiger partial charge in [0.2, 0.25) is 0 Å². The first-order valence-corrected chi connectivity index (χ1v) is 3.22. The topological polar surface area (TPSA) is 0 Å². The lowest BCUT2D eigenvalue weighted by Crippen LogP contribution is -2.05. The third-order valence-electron chi connectivity index (χ3n) is 0.367. The zero-order valence-electron chi connectivity index (χ0n) is 3.47. The van der Waals surface area contributed by atoms with Gasteiger partial charge in [0, 0.05) is 4.99 Å². The molecule has 0 aliphatic carbocycles. The Morgan fingerprint density at radius 1 is 1.38 bits per heavy atom. The Labute approximate surface area is 61.0 Å². The largest absolute Gasteiger partial charge is 0.423 e. The summed E-state index contributed by atoms with van der Waals surface area (Å²) in [7, 11) is 0. The van der Waals surface area contributed by atoms with Gasteiger partial charge in [-0.1, -0.05) is 15.9 Å². The third kappa shape index (κ3) is 2.71. The summed E-state index contributed by atoms with van der Waals surface area (Å²) < 4.78 is 33.1. The summed E-state index contributed by atoms with van der Waals surface area (Å²) in [5.41, 5.74) is 0. The van der Waals surface area contributed by atoms with Crippen LogP contribution in [0.4, 0.5) is 13.2 Å². The lowest BCUT2D eigenvalue weighted by Gasteiger charge is -2.00. The van der Waals surface area contributed by atoms with Crippen molar-refractivity contribution in [2.24, 2.45) is 0 Å². The van der Waals surface area contributed by atoms with Gasteiger partial charge in [0.05, 0.1) is 0 Å². The van der Waals surface area contributed by atoms with E-state index in [1.54, 1.807) is 0 Å². The van der Waals surface area contributed by atoms with Crippen molar-refractivity contribution in [1.29, 1.82) is 0 Å². The summed E-state index contributed by atoms with van der Waals surface area (Å²) in [5.74, 6) is 0. The molecule has 8 heavy (non-hydrogen) atoms. The number of hydrogen-bond donors (Lipinski definition) is 0. The fraction of sp³-hybridized carbons (Fsp3) is 0.333. The Morgan fingerprint density at radius 2 is 1.75 bits per heavy atom. The smallest absolute Gasteiger partial charge is 0.166 e. The molecule has 0 atom stereocenters. The fourth-order valence-corrected chi connectivity index (χ4v) is 0.321. The fourth-order valence-electron chi connectivity index (χ4n) is 0.0619. The molecule has 0 saturated heterocycles. The summed E-state index contributed by atoms with van der Waals surface area (Å²) in [4.78, 5) is 0.771. The van der Waals surface area contributed by atoms with E-state index >= 15 is 0 Å². The van der Waals surface area contributed by atoms with Gasteiger partial charge in [-0.2, -0.15) is 13.2 Å². The SMILES string of the molecule is FC(F)(F)C(Br)=CBr. The van der Waals surface area contributed by atoms with Crippen LogP contribution in [0.5, 0.6) is 0 Å². The van der Waals surface area contributed by atoms with E-state index < -0.39 is 10.7 Å². The molecule has 0 fully saturated rings. The molecule has 0 aliphatic rings. The molecule has 0 bridgehead atoms. The van der Waals surface area contributed by atoms with Gasteiger partial charge in [0.1, 0.15) is 4.48 Å². The summed E-state index contributed by atoms with van der Waals surface area (Å²) in [6, 6.07) is 0. The van der Waals surface area contributed by atoms with Gasteiger partial charge in [0.15, 0.2) is 0 Å². The Morgan fingerprint density at radius 3 is 1.75 bits per heavy atom. The molecule has 0 aromatic heterocycles. The van der Waals surface area contributed by atoms with E-state index in [-0.39, 0.29) is 0 Å². The van der Waals surface area contributed by atoms with Gasteiger partial charge in [-0.05, 0) is 15.9 Å². The van der Waals surface area contributed by atoms with Gasteiger partial charge in [-0.25, -0.2) is 0 Å². The van der Waals surface area contributed by atoms with Gasteiger partial charge >= 0.3 is 6.18 Å². The van der Waals surface area contributed by atoms with Gasteiger partial charge in [-0.3, -0.25) is 0 Å². The Hall–Kier alpha value is 0.490. The standard InChI is InChI=1S/C3HBr2F3/c4-1-2(5)3(6,7)8/h1H. The van der Waals surface area contributed by atoms with Crippen molar-refractivity contribution in [3.63, 3.8) is 0 Å². The minimum absolute atomic E-state index is 0.771. The minimum Gasteiger partial charge on any atom is -0.166 e. The number of hydrogen-bond acceptors (Lipinski definition) is 0. The van der Waals surface area contributed by atoms with E-state index in [4.69, 9.17) is 0 Å². The van der Waals surface area contributed by atoms with Crippen LogP contribution >= 0.6 is 31.9 Å². The first-order valence-electron chi connectivity index (χ1n) is 1.51. The number of allylic oxidation sites excluding steroid dienone is 1. The van der Waals surface area contributed by atoms with Crippen LogP contribution in [-0.2, 0) is 0 Å². The zero-order valence-corrected chi connectivity index (χ0v) is 6.64. The minimum atomic E-state index is -4.26. The van der Waals surface area contributed by atoms with E-state index in [0.29, 0.717) is 0 Å². The molecule has 0 spiro atoms. The predicted octanol–water partition coefficient (Wildman–Crippen LogP) is 3.18. The number of rotatable bonds is 0. The Kier molecular flexibility index (Phi) is 3.04.